The number of hydroxylamine groups is 1. The maximum Gasteiger partial charge on any atom is 0.330 e. The van der Waals surface area contributed by atoms with E-state index in [9.17, 15) is 19.1 Å². The third-order valence-electron chi connectivity index (χ3n) is 4.34. The van der Waals surface area contributed by atoms with Gasteiger partial charge in [0.05, 0.1) is 22.5 Å². The number of aliphatic hydroxyl groups is 1. The van der Waals surface area contributed by atoms with Gasteiger partial charge < -0.3 is 9.84 Å². The van der Waals surface area contributed by atoms with Crippen molar-refractivity contribution in [2.24, 2.45) is 0 Å². The number of para-hydroxylation sites is 1. The Morgan fingerprint density at radius 2 is 2.28 bits per heavy atom. The van der Waals surface area contributed by atoms with E-state index >= 15 is 0 Å². The Hall–Kier alpha value is -2.51. The van der Waals surface area contributed by atoms with Crippen LogP contribution in [0.1, 0.15) is 17.7 Å². The summed E-state index contributed by atoms with van der Waals surface area (Å²) < 4.78 is 20.9. The molecule has 1 saturated heterocycles. The summed E-state index contributed by atoms with van der Waals surface area (Å²) in [7, 11) is 0. The van der Waals surface area contributed by atoms with Crippen molar-refractivity contribution >= 4 is 38.8 Å². The molecular weight excluding hydrogens is 423 g/mol. The third kappa shape index (κ3) is 4.11. The van der Waals surface area contributed by atoms with E-state index in [0.717, 1.165) is 21.0 Å². The zero-order valence-corrected chi connectivity index (χ0v) is 16.3. The average Bonchev–Trinajstić information content (AvgIpc) is 3.28. The SMILES string of the molecule is O=c1[nH]c(=O)n([C@H]2C[C@H](O)[C@@H](CONC(=S)c3nc4ccccc4s3)O2)cc1F. The molecule has 0 unspecified atom stereocenters. The van der Waals surface area contributed by atoms with Crippen LogP contribution in [-0.4, -0.2) is 43.4 Å². The fraction of sp³-hybridized carbons (Fsp3) is 0.294. The molecule has 0 radical (unpaired) electrons. The molecule has 29 heavy (non-hydrogen) atoms. The molecule has 1 fully saturated rings. The third-order valence-corrected chi connectivity index (χ3v) is 5.80. The lowest BCUT2D eigenvalue weighted by Gasteiger charge is -2.16. The number of benzene rings is 1. The number of halogens is 1. The zero-order valence-electron chi connectivity index (χ0n) is 14.7. The molecule has 2 aromatic heterocycles. The quantitative estimate of drug-likeness (QED) is 0.396. The molecule has 1 aliphatic rings. The van der Waals surface area contributed by atoms with E-state index in [-0.39, 0.29) is 18.0 Å². The number of fused-ring (bicyclic) bond motifs is 1. The van der Waals surface area contributed by atoms with E-state index in [1.807, 2.05) is 29.2 Å². The fourth-order valence-corrected chi connectivity index (χ4v) is 3.99. The van der Waals surface area contributed by atoms with Crippen LogP contribution in [0.3, 0.4) is 0 Å². The van der Waals surface area contributed by atoms with Gasteiger partial charge in [-0.1, -0.05) is 24.4 Å². The molecule has 0 bridgehead atoms. The van der Waals surface area contributed by atoms with E-state index in [2.05, 4.69) is 10.5 Å². The second-order valence-electron chi connectivity index (χ2n) is 6.30. The summed E-state index contributed by atoms with van der Waals surface area (Å²) in [4.78, 5) is 34.8. The molecule has 0 spiro atoms. The summed E-state index contributed by atoms with van der Waals surface area (Å²) in [5.41, 5.74) is 1.49. The van der Waals surface area contributed by atoms with Gasteiger partial charge in [0.1, 0.15) is 18.9 Å². The number of nitrogens with one attached hydrogen (secondary N) is 2. The van der Waals surface area contributed by atoms with Crippen molar-refractivity contribution in [2.45, 2.75) is 24.9 Å². The van der Waals surface area contributed by atoms with Gasteiger partial charge in [0, 0.05) is 6.42 Å². The number of aliphatic hydroxyl groups excluding tert-OH is 1. The van der Waals surface area contributed by atoms with Crippen molar-refractivity contribution in [3.63, 3.8) is 0 Å². The topological polar surface area (TPSA) is 118 Å². The highest BCUT2D eigenvalue weighted by atomic mass is 32.1. The number of thiocarbonyl (C=S) groups is 1. The lowest BCUT2D eigenvalue weighted by molar-refractivity contribution is -0.0747. The van der Waals surface area contributed by atoms with Gasteiger partial charge in [-0.05, 0) is 12.1 Å². The molecule has 3 N–H and O–H groups in total. The van der Waals surface area contributed by atoms with Gasteiger partial charge in [0.15, 0.2) is 10.00 Å². The van der Waals surface area contributed by atoms with Crippen molar-refractivity contribution in [2.75, 3.05) is 6.61 Å². The van der Waals surface area contributed by atoms with E-state index in [0.29, 0.717) is 5.01 Å². The second kappa shape index (κ2) is 8.08. The van der Waals surface area contributed by atoms with Crippen LogP contribution in [0.2, 0.25) is 0 Å². The molecule has 3 aromatic rings. The minimum absolute atomic E-state index is 0.0295. The molecule has 0 saturated carbocycles. The molecule has 1 aliphatic heterocycles. The van der Waals surface area contributed by atoms with E-state index < -0.39 is 35.5 Å². The average molecular weight is 438 g/mol. The first-order chi connectivity index (χ1) is 13.9. The Morgan fingerprint density at radius 1 is 1.48 bits per heavy atom. The smallest absolute Gasteiger partial charge is 0.330 e. The lowest BCUT2D eigenvalue weighted by atomic mass is 10.2. The van der Waals surface area contributed by atoms with Crippen molar-refractivity contribution in [1.82, 2.24) is 20.0 Å². The molecule has 9 nitrogen and oxygen atoms in total. The molecule has 1 aromatic carbocycles. The molecule has 0 aliphatic carbocycles. The molecule has 12 heteroatoms. The molecule has 3 heterocycles. The Kier molecular flexibility index (Phi) is 5.52. The highest BCUT2D eigenvalue weighted by Crippen LogP contribution is 2.27. The van der Waals surface area contributed by atoms with Crippen LogP contribution in [0.4, 0.5) is 4.39 Å². The van der Waals surface area contributed by atoms with E-state index in [1.165, 1.54) is 11.3 Å². The monoisotopic (exact) mass is 438 g/mol. The molecule has 3 atom stereocenters. The van der Waals surface area contributed by atoms with Crippen LogP contribution in [0, 0.1) is 5.82 Å². The van der Waals surface area contributed by atoms with Crippen LogP contribution in [0.15, 0.2) is 40.1 Å². The van der Waals surface area contributed by atoms with E-state index in [4.69, 9.17) is 21.8 Å². The Labute approximate surface area is 171 Å². The molecular formula is C17H15FN4O5S2. The van der Waals surface area contributed by atoms with Crippen LogP contribution in [0.5, 0.6) is 0 Å². The van der Waals surface area contributed by atoms with Gasteiger partial charge in [0.25, 0.3) is 5.56 Å². The fourth-order valence-electron chi connectivity index (χ4n) is 2.91. The molecule has 4 rings (SSSR count). The number of rotatable bonds is 5. The Balaban J connectivity index is 1.35. The summed E-state index contributed by atoms with van der Waals surface area (Å²) >= 11 is 6.67. The van der Waals surface area contributed by atoms with E-state index in [1.54, 1.807) is 0 Å². The number of aromatic nitrogens is 3. The summed E-state index contributed by atoms with van der Waals surface area (Å²) in [6.07, 6.45) is -1.90. The summed E-state index contributed by atoms with van der Waals surface area (Å²) in [5, 5.41) is 10.7. The second-order valence-corrected chi connectivity index (χ2v) is 7.74. The van der Waals surface area contributed by atoms with Crippen molar-refractivity contribution < 1.29 is 19.1 Å². The van der Waals surface area contributed by atoms with Crippen LogP contribution >= 0.6 is 23.6 Å². The van der Waals surface area contributed by atoms with Crippen LogP contribution < -0.4 is 16.7 Å². The van der Waals surface area contributed by atoms with Gasteiger partial charge in [-0.25, -0.2) is 9.78 Å². The molecule has 152 valence electrons. The first-order valence-corrected chi connectivity index (χ1v) is 9.77. The summed E-state index contributed by atoms with van der Waals surface area (Å²) in [6.45, 7) is -0.0801. The minimum atomic E-state index is -1.12. The highest BCUT2D eigenvalue weighted by molar-refractivity contribution is 7.81. The van der Waals surface area contributed by atoms with Gasteiger partial charge in [0.2, 0.25) is 5.82 Å². The van der Waals surface area contributed by atoms with Crippen LogP contribution in [0.25, 0.3) is 10.2 Å². The Bertz CT molecular complexity index is 1140. The first kappa shape index (κ1) is 19.8. The first-order valence-electron chi connectivity index (χ1n) is 8.54. The van der Waals surface area contributed by atoms with Crippen molar-refractivity contribution in [3.8, 4) is 0 Å². The normalized spacial score (nSPS) is 21.5. The maximum absolute atomic E-state index is 13.5. The standard InChI is InChI=1S/C17H15FN4O5S2/c18-8-6-22(17(25)20-14(8)24)13-5-10(23)11(27-13)7-26-21-15(28)16-19-9-3-1-2-4-12(9)29-16/h1-4,6,10-11,13,23H,5,7H2,(H,21,28)(H,20,24,25)/t10-,11+,13+/m0/s1. The number of aromatic amines is 1. The minimum Gasteiger partial charge on any atom is -0.390 e. The van der Waals surface area contributed by atoms with Gasteiger partial charge in [-0.2, -0.15) is 4.39 Å². The maximum atomic E-state index is 13.5. The van der Waals surface area contributed by atoms with Crippen LogP contribution in [-0.2, 0) is 9.57 Å². The number of hydrogen-bond acceptors (Lipinski definition) is 8. The summed E-state index contributed by atoms with van der Waals surface area (Å²) in [5.74, 6) is -1.12. The number of H-pyrrole nitrogens is 1. The number of nitrogens with zero attached hydrogens (tertiary/aromatic N) is 2. The van der Waals surface area contributed by atoms with Crippen molar-refractivity contribution in [3.05, 3.63) is 62.1 Å². The zero-order chi connectivity index (χ0) is 20.5. The predicted molar refractivity (Wildman–Crippen MR) is 106 cm³/mol. The van der Waals surface area contributed by atoms with Gasteiger partial charge in [-0.3, -0.25) is 24.7 Å². The number of hydrogen-bond donors (Lipinski definition) is 3. The Morgan fingerprint density at radius 3 is 3.07 bits per heavy atom. The number of thiazole rings is 1. The largest absolute Gasteiger partial charge is 0.390 e. The molecule has 0 amide bonds. The number of ether oxygens (including phenoxy) is 1. The van der Waals surface area contributed by atoms with Crippen molar-refractivity contribution in [1.29, 1.82) is 0 Å². The lowest BCUT2D eigenvalue weighted by Crippen LogP contribution is -2.34. The predicted octanol–water partition coefficient (Wildman–Crippen LogP) is 0.831. The van der Waals surface area contributed by atoms with Gasteiger partial charge >= 0.3 is 5.69 Å². The highest BCUT2D eigenvalue weighted by Gasteiger charge is 2.36. The van der Waals surface area contributed by atoms with Gasteiger partial charge in [-0.15, -0.1) is 11.3 Å². The summed E-state index contributed by atoms with van der Waals surface area (Å²) in [6, 6.07) is 7.60.